The minimum atomic E-state index is -0.565. The lowest BCUT2D eigenvalue weighted by Crippen LogP contribution is -2.29. The molecule has 1 amide bonds. The highest BCUT2D eigenvalue weighted by Crippen LogP contribution is 2.34. The normalized spacial score (nSPS) is 15.8. The fourth-order valence-corrected chi connectivity index (χ4v) is 3.70. The van der Waals surface area contributed by atoms with Crippen molar-refractivity contribution in [3.63, 3.8) is 0 Å². The molecule has 0 saturated heterocycles. The van der Waals surface area contributed by atoms with Crippen molar-refractivity contribution in [1.29, 1.82) is 0 Å². The number of carbonyl (C=O) groups is 1. The number of aromatic nitrogens is 3. The Labute approximate surface area is 156 Å². The van der Waals surface area contributed by atoms with E-state index in [4.69, 9.17) is 0 Å². The summed E-state index contributed by atoms with van der Waals surface area (Å²) in [4.78, 5) is 17.2. The third-order valence-electron chi connectivity index (χ3n) is 5.37. The van der Waals surface area contributed by atoms with E-state index in [0.29, 0.717) is 11.3 Å². The first kappa shape index (κ1) is 17.4. The smallest absolute Gasteiger partial charge is 0.270 e. The molecule has 1 N–H and O–H groups in total. The van der Waals surface area contributed by atoms with Crippen molar-refractivity contribution in [1.82, 2.24) is 19.9 Å². The minimum Gasteiger partial charge on any atom is -0.344 e. The molecule has 3 aromatic rings. The molecule has 27 heavy (non-hydrogen) atoms. The molecule has 0 spiro atoms. The first-order chi connectivity index (χ1) is 12.9. The van der Waals surface area contributed by atoms with Gasteiger partial charge in [0.2, 0.25) is 0 Å². The van der Waals surface area contributed by atoms with Crippen LogP contribution in [0.5, 0.6) is 0 Å². The fourth-order valence-electron chi connectivity index (χ4n) is 3.70. The Kier molecular flexibility index (Phi) is 4.06. The summed E-state index contributed by atoms with van der Waals surface area (Å²) in [5.41, 5.74) is 6.42. The molecule has 1 unspecified atom stereocenters. The number of halogens is 1. The summed E-state index contributed by atoms with van der Waals surface area (Å²) in [6.07, 6.45) is 2.85. The average Bonchev–Trinajstić information content (AvgIpc) is 3.22. The minimum absolute atomic E-state index is 0.0268. The summed E-state index contributed by atoms with van der Waals surface area (Å²) >= 11 is 0. The highest BCUT2D eigenvalue weighted by Gasteiger charge is 2.27. The Morgan fingerprint density at radius 3 is 2.89 bits per heavy atom. The number of hydrogen-bond donors (Lipinski definition) is 1. The van der Waals surface area contributed by atoms with Gasteiger partial charge in [0.05, 0.1) is 17.9 Å². The number of nitrogens with zero attached hydrogens (tertiary/aromatic N) is 3. The van der Waals surface area contributed by atoms with Crippen molar-refractivity contribution >= 4 is 17.1 Å². The van der Waals surface area contributed by atoms with Gasteiger partial charge in [0, 0.05) is 0 Å². The van der Waals surface area contributed by atoms with Crippen LogP contribution < -0.4 is 5.32 Å². The van der Waals surface area contributed by atoms with Gasteiger partial charge in [-0.1, -0.05) is 18.7 Å². The summed E-state index contributed by atoms with van der Waals surface area (Å²) in [6, 6.07) is 5.72. The van der Waals surface area contributed by atoms with Gasteiger partial charge in [-0.25, -0.2) is 13.9 Å². The van der Waals surface area contributed by atoms with E-state index in [-0.39, 0.29) is 23.3 Å². The van der Waals surface area contributed by atoms with Crippen LogP contribution in [0.15, 0.2) is 31.0 Å². The third-order valence-corrected chi connectivity index (χ3v) is 5.37. The Morgan fingerprint density at radius 2 is 2.15 bits per heavy atom. The van der Waals surface area contributed by atoms with E-state index in [0.717, 1.165) is 24.6 Å². The van der Waals surface area contributed by atoms with Crippen molar-refractivity contribution in [2.45, 2.75) is 39.7 Å². The zero-order valence-corrected chi connectivity index (χ0v) is 15.6. The second kappa shape index (κ2) is 6.30. The Morgan fingerprint density at radius 1 is 1.37 bits per heavy atom. The summed E-state index contributed by atoms with van der Waals surface area (Å²) in [5.74, 6) is -0.867. The molecular weight excluding hydrogens is 343 g/mol. The summed E-state index contributed by atoms with van der Waals surface area (Å²) in [7, 11) is 0. The molecule has 0 saturated carbocycles. The van der Waals surface area contributed by atoms with Crippen molar-refractivity contribution in [2.24, 2.45) is 0 Å². The maximum absolute atomic E-state index is 14.0. The lowest BCUT2D eigenvalue weighted by atomic mass is 9.99. The Hall–Kier alpha value is -3.02. The summed E-state index contributed by atoms with van der Waals surface area (Å²) in [5, 5.41) is 7.06. The van der Waals surface area contributed by atoms with Crippen LogP contribution in [0.1, 0.15) is 57.8 Å². The van der Waals surface area contributed by atoms with Gasteiger partial charge < -0.3 is 5.32 Å². The SMILES string of the molecule is C=C(C)c1cc(C(=O)NC2CCc3c2ccc(C)c3C)n2ncc(F)c2n1. The molecule has 138 valence electrons. The van der Waals surface area contributed by atoms with Crippen LogP contribution >= 0.6 is 0 Å². The molecule has 0 bridgehead atoms. The van der Waals surface area contributed by atoms with E-state index in [9.17, 15) is 9.18 Å². The number of carbonyl (C=O) groups excluding carboxylic acids is 1. The zero-order chi connectivity index (χ0) is 19.3. The predicted molar refractivity (Wildman–Crippen MR) is 102 cm³/mol. The Balaban J connectivity index is 1.71. The number of fused-ring (bicyclic) bond motifs is 2. The summed E-state index contributed by atoms with van der Waals surface area (Å²) in [6.45, 7) is 9.84. The maximum atomic E-state index is 14.0. The lowest BCUT2D eigenvalue weighted by molar-refractivity contribution is 0.0929. The van der Waals surface area contributed by atoms with Crippen LogP contribution in [0, 0.1) is 19.7 Å². The second-order valence-electron chi connectivity index (χ2n) is 7.17. The van der Waals surface area contributed by atoms with E-state index in [1.807, 2.05) is 0 Å². The molecule has 1 aromatic carbocycles. The standard InChI is InChI=1S/C21H21FN4O/c1-11(2)18-9-19(26-20(24-18)16(22)10-23-26)21(27)25-17-8-7-14-13(4)12(3)5-6-15(14)17/h5-6,9-10,17H,1,7-8H2,2-4H3,(H,25,27). The number of benzene rings is 1. The van der Waals surface area contributed by atoms with Gasteiger partial charge in [-0.2, -0.15) is 5.10 Å². The number of aryl methyl sites for hydroxylation is 1. The van der Waals surface area contributed by atoms with Gasteiger partial charge in [0.15, 0.2) is 11.5 Å². The molecule has 2 heterocycles. The Bertz CT molecular complexity index is 1100. The van der Waals surface area contributed by atoms with Crippen molar-refractivity contribution in [2.75, 3.05) is 0 Å². The molecule has 6 heteroatoms. The monoisotopic (exact) mass is 364 g/mol. The van der Waals surface area contributed by atoms with Crippen LogP contribution in [-0.2, 0) is 6.42 Å². The van der Waals surface area contributed by atoms with Crippen molar-refractivity contribution in [3.05, 3.63) is 70.4 Å². The lowest BCUT2D eigenvalue weighted by Gasteiger charge is -2.16. The van der Waals surface area contributed by atoms with E-state index < -0.39 is 5.82 Å². The molecule has 0 radical (unpaired) electrons. The number of nitrogens with one attached hydrogen (secondary N) is 1. The van der Waals surface area contributed by atoms with Gasteiger partial charge >= 0.3 is 0 Å². The van der Waals surface area contributed by atoms with E-state index in [1.54, 1.807) is 13.0 Å². The first-order valence-electron chi connectivity index (χ1n) is 8.97. The van der Waals surface area contributed by atoms with Crippen LogP contribution in [-0.4, -0.2) is 20.5 Å². The molecular formula is C21H21FN4O. The highest BCUT2D eigenvalue weighted by atomic mass is 19.1. The van der Waals surface area contributed by atoms with Crippen molar-refractivity contribution < 1.29 is 9.18 Å². The molecule has 0 aliphatic heterocycles. The zero-order valence-electron chi connectivity index (χ0n) is 15.6. The van der Waals surface area contributed by atoms with Crippen LogP contribution in [0.25, 0.3) is 11.2 Å². The fraction of sp³-hybridized carbons (Fsp3) is 0.286. The molecule has 0 fully saturated rings. The number of hydrogen-bond acceptors (Lipinski definition) is 3. The van der Waals surface area contributed by atoms with E-state index in [2.05, 4.69) is 48.0 Å². The average molecular weight is 364 g/mol. The van der Waals surface area contributed by atoms with Gasteiger partial charge in [-0.15, -0.1) is 0 Å². The molecule has 1 aliphatic carbocycles. The largest absolute Gasteiger partial charge is 0.344 e. The molecule has 1 atom stereocenters. The van der Waals surface area contributed by atoms with Crippen LogP contribution in [0.3, 0.4) is 0 Å². The molecule has 4 rings (SSSR count). The van der Waals surface area contributed by atoms with Crippen molar-refractivity contribution in [3.8, 4) is 0 Å². The second-order valence-corrected chi connectivity index (χ2v) is 7.17. The quantitative estimate of drug-likeness (QED) is 0.766. The van der Waals surface area contributed by atoms with Gasteiger partial charge in [0.1, 0.15) is 5.69 Å². The van der Waals surface area contributed by atoms with Gasteiger partial charge in [-0.05, 0) is 67.5 Å². The van der Waals surface area contributed by atoms with Crippen LogP contribution in [0.4, 0.5) is 4.39 Å². The van der Waals surface area contributed by atoms with Crippen LogP contribution in [0.2, 0.25) is 0 Å². The molecule has 2 aromatic heterocycles. The topological polar surface area (TPSA) is 59.3 Å². The van der Waals surface area contributed by atoms with E-state index >= 15 is 0 Å². The maximum Gasteiger partial charge on any atom is 0.270 e. The molecule has 5 nitrogen and oxygen atoms in total. The van der Waals surface area contributed by atoms with Gasteiger partial charge in [-0.3, -0.25) is 4.79 Å². The number of allylic oxidation sites excluding steroid dienone is 1. The van der Waals surface area contributed by atoms with E-state index in [1.165, 1.54) is 21.2 Å². The third kappa shape index (κ3) is 2.81. The molecule has 1 aliphatic rings. The highest BCUT2D eigenvalue weighted by molar-refractivity contribution is 5.94. The first-order valence-corrected chi connectivity index (χ1v) is 8.97. The summed E-state index contributed by atoms with van der Waals surface area (Å²) < 4.78 is 15.3. The predicted octanol–water partition coefficient (Wildman–Crippen LogP) is 3.94. The van der Waals surface area contributed by atoms with Gasteiger partial charge in [0.25, 0.3) is 5.91 Å². The number of amides is 1. The number of rotatable bonds is 3.